The molecule has 0 amide bonds. The van der Waals surface area contributed by atoms with Crippen molar-refractivity contribution in [2.75, 3.05) is 11.9 Å². The van der Waals surface area contributed by atoms with Crippen molar-refractivity contribution in [2.24, 2.45) is 0 Å². The van der Waals surface area contributed by atoms with Crippen LogP contribution in [-0.4, -0.2) is 16.5 Å². The summed E-state index contributed by atoms with van der Waals surface area (Å²) in [4.78, 5) is 9.43. The lowest BCUT2D eigenvalue weighted by molar-refractivity contribution is 0.970. The first-order valence-electron chi connectivity index (χ1n) is 7.35. The highest BCUT2D eigenvalue weighted by molar-refractivity contribution is 5.91. The molecule has 0 saturated carbocycles. The number of anilines is 1. The van der Waals surface area contributed by atoms with Crippen molar-refractivity contribution in [2.45, 2.75) is 20.3 Å². The number of nitrogens with one attached hydrogen (secondary N) is 1. The Kier molecular flexibility index (Phi) is 3.82. The van der Waals surface area contributed by atoms with Gasteiger partial charge in [-0.05, 0) is 25.5 Å². The highest BCUT2D eigenvalue weighted by Crippen LogP contribution is 2.25. The molecule has 21 heavy (non-hydrogen) atoms. The van der Waals surface area contributed by atoms with Gasteiger partial charge < -0.3 is 5.32 Å². The van der Waals surface area contributed by atoms with Crippen LogP contribution in [0.5, 0.6) is 0 Å². The second-order valence-corrected chi connectivity index (χ2v) is 5.21. The minimum absolute atomic E-state index is 0.769. The van der Waals surface area contributed by atoms with E-state index in [4.69, 9.17) is 9.97 Å². The van der Waals surface area contributed by atoms with Crippen molar-refractivity contribution in [3.05, 3.63) is 54.1 Å². The fourth-order valence-corrected chi connectivity index (χ4v) is 2.34. The third-order valence-corrected chi connectivity index (χ3v) is 3.43. The number of fused-ring (bicyclic) bond motifs is 1. The van der Waals surface area contributed by atoms with E-state index >= 15 is 0 Å². The van der Waals surface area contributed by atoms with Crippen molar-refractivity contribution in [3.63, 3.8) is 0 Å². The van der Waals surface area contributed by atoms with Gasteiger partial charge in [-0.3, -0.25) is 0 Å². The first-order chi connectivity index (χ1) is 10.3. The number of rotatable bonds is 4. The summed E-state index contributed by atoms with van der Waals surface area (Å²) in [5.41, 5.74) is 3.24. The molecule has 0 unspecified atom stereocenters. The van der Waals surface area contributed by atoms with Gasteiger partial charge in [-0.25, -0.2) is 9.97 Å². The number of hydrogen-bond donors (Lipinski definition) is 1. The molecule has 0 saturated heterocycles. The molecule has 0 aliphatic carbocycles. The fourth-order valence-electron chi connectivity index (χ4n) is 2.34. The van der Waals surface area contributed by atoms with Crippen LogP contribution in [0.25, 0.3) is 22.3 Å². The van der Waals surface area contributed by atoms with Crippen LogP contribution >= 0.6 is 0 Å². The molecule has 0 bridgehead atoms. The molecule has 106 valence electrons. The van der Waals surface area contributed by atoms with E-state index in [2.05, 4.69) is 37.4 Å². The predicted molar refractivity (Wildman–Crippen MR) is 88.5 cm³/mol. The van der Waals surface area contributed by atoms with Crippen LogP contribution in [0.2, 0.25) is 0 Å². The molecule has 2 aromatic carbocycles. The number of nitrogens with zero attached hydrogens (tertiary/aromatic N) is 2. The summed E-state index contributed by atoms with van der Waals surface area (Å²) in [6.45, 7) is 5.15. The Hall–Kier alpha value is -2.42. The van der Waals surface area contributed by atoms with Crippen LogP contribution in [0.3, 0.4) is 0 Å². The van der Waals surface area contributed by atoms with E-state index in [0.29, 0.717) is 0 Å². The number of hydrogen-bond acceptors (Lipinski definition) is 3. The van der Waals surface area contributed by atoms with Crippen LogP contribution in [0.1, 0.15) is 18.9 Å². The van der Waals surface area contributed by atoms with Gasteiger partial charge in [-0.1, -0.05) is 48.9 Å². The lowest BCUT2D eigenvalue weighted by atomic mass is 10.1. The van der Waals surface area contributed by atoms with Crippen LogP contribution in [-0.2, 0) is 0 Å². The molecule has 3 aromatic rings. The molecule has 1 heterocycles. The zero-order valence-corrected chi connectivity index (χ0v) is 12.4. The van der Waals surface area contributed by atoms with E-state index in [1.54, 1.807) is 0 Å². The lowest BCUT2D eigenvalue weighted by Gasteiger charge is -2.11. The maximum atomic E-state index is 4.73. The Morgan fingerprint density at radius 2 is 1.81 bits per heavy atom. The zero-order chi connectivity index (χ0) is 14.7. The normalized spacial score (nSPS) is 10.8. The van der Waals surface area contributed by atoms with Gasteiger partial charge in [0.25, 0.3) is 0 Å². The summed E-state index contributed by atoms with van der Waals surface area (Å²) in [5.74, 6) is 1.69. The summed E-state index contributed by atoms with van der Waals surface area (Å²) >= 11 is 0. The summed E-state index contributed by atoms with van der Waals surface area (Å²) in [5, 5.41) is 4.51. The molecule has 3 heteroatoms. The summed E-state index contributed by atoms with van der Waals surface area (Å²) in [7, 11) is 0. The van der Waals surface area contributed by atoms with Crippen LogP contribution < -0.4 is 5.32 Å². The number of aromatic nitrogens is 2. The van der Waals surface area contributed by atoms with Gasteiger partial charge in [0.2, 0.25) is 0 Å². The standard InChI is InChI=1S/C18H19N3/c1-3-11-19-18-15-12-13(2)9-10-16(15)20-17(21-18)14-7-5-4-6-8-14/h4-10,12H,3,11H2,1-2H3,(H,19,20,21). The Balaban J connectivity index is 2.17. The second kappa shape index (κ2) is 5.92. The largest absolute Gasteiger partial charge is 0.369 e. The third kappa shape index (κ3) is 2.87. The van der Waals surface area contributed by atoms with E-state index in [1.807, 2.05) is 30.3 Å². The monoisotopic (exact) mass is 277 g/mol. The third-order valence-electron chi connectivity index (χ3n) is 3.43. The van der Waals surface area contributed by atoms with Gasteiger partial charge in [-0.15, -0.1) is 0 Å². The van der Waals surface area contributed by atoms with E-state index < -0.39 is 0 Å². The van der Waals surface area contributed by atoms with Gasteiger partial charge >= 0.3 is 0 Å². The fraction of sp³-hybridized carbons (Fsp3) is 0.222. The molecule has 1 aromatic heterocycles. The Labute approximate surface area is 125 Å². The Morgan fingerprint density at radius 1 is 1.00 bits per heavy atom. The smallest absolute Gasteiger partial charge is 0.162 e. The highest BCUT2D eigenvalue weighted by atomic mass is 15.0. The molecule has 0 atom stereocenters. The first kappa shape index (κ1) is 13.6. The molecule has 0 fully saturated rings. The number of benzene rings is 2. The highest BCUT2D eigenvalue weighted by Gasteiger charge is 2.09. The zero-order valence-electron chi connectivity index (χ0n) is 12.4. The summed E-state index contributed by atoms with van der Waals surface area (Å²) in [6.07, 6.45) is 1.07. The molecule has 0 aliphatic rings. The summed E-state index contributed by atoms with van der Waals surface area (Å²) in [6, 6.07) is 16.4. The van der Waals surface area contributed by atoms with E-state index in [-0.39, 0.29) is 0 Å². The Morgan fingerprint density at radius 3 is 2.57 bits per heavy atom. The van der Waals surface area contributed by atoms with Crippen molar-refractivity contribution in [3.8, 4) is 11.4 Å². The minimum Gasteiger partial charge on any atom is -0.369 e. The maximum Gasteiger partial charge on any atom is 0.162 e. The van der Waals surface area contributed by atoms with Gasteiger partial charge in [0, 0.05) is 17.5 Å². The van der Waals surface area contributed by atoms with Gasteiger partial charge in [-0.2, -0.15) is 0 Å². The molecule has 3 nitrogen and oxygen atoms in total. The lowest BCUT2D eigenvalue weighted by Crippen LogP contribution is -2.05. The maximum absolute atomic E-state index is 4.73. The SMILES string of the molecule is CCCNc1nc(-c2ccccc2)nc2ccc(C)cc12. The molecule has 0 aliphatic heterocycles. The van der Waals surface area contributed by atoms with Crippen LogP contribution in [0, 0.1) is 6.92 Å². The summed E-state index contributed by atoms with van der Waals surface area (Å²) < 4.78 is 0. The van der Waals surface area contributed by atoms with Gasteiger partial charge in [0.15, 0.2) is 5.82 Å². The molecule has 0 radical (unpaired) electrons. The minimum atomic E-state index is 0.769. The molecule has 1 N–H and O–H groups in total. The van der Waals surface area contributed by atoms with Crippen LogP contribution in [0.15, 0.2) is 48.5 Å². The van der Waals surface area contributed by atoms with Crippen molar-refractivity contribution in [1.29, 1.82) is 0 Å². The molecule has 3 rings (SSSR count). The van der Waals surface area contributed by atoms with E-state index in [9.17, 15) is 0 Å². The van der Waals surface area contributed by atoms with Crippen molar-refractivity contribution >= 4 is 16.7 Å². The molecular formula is C18H19N3. The van der Waals surface area contributed by atoms with Gasteiger partial charge in [0.05, 0.1) is 5.52 Å². The average molecular weight is 277 g/mol. The van der Waals surface area contributed by atoms with Crippen molar-refractivity contribution < 1.29 is 0 Å². The van der Waals surface area contributed by atoms with Crippen LogP contribution in [0.4, 0.5) is 5.82 Å². The average Bonchev–Trinajstić information content (AvgIpc) is 2.53. The quantitative estimate of drug-likeness (QED) is 0.766. The number of aryl methyl sites for hydroxylation is 1. The first-order valence-corrected chi connectivity index (χ1v) is 7.35. The topological polar surface area (TPSA) is 37.8 Å². The molecule has 0 spiro atoms. The van der Waals surface area contributed by atoms with E-state index in [0.717, 1.165) is 41.1 Å². The van der Waals surface area contributed by atoms with E-state index in [1.165, 1.54) is 5.56 Å². The second-order valence-electron chi connectivity index (χ2n) is 5.21. The van der Waals surface area contributed by atoms with Gasteiger partial charge in [0.1, 0.15) is 5.82 Å². The molecular weight excluding hydrogens is 258 g/mol. The van der Waals surface area contributed by atoms with Crippen molar-refractivity contribution in [1.82, 2.24) is 9.97 Å². The predicted octanol–water partition coefficient (Wildman–Crippen LogP) is 4.43. The Bertz CT molecular complexity index is 751.